The van der Waals surface area contributed by atoms with Crippen LogP contribution in [0.25, 0.3) is 0 Å². The Kier molecular flexibility index (Phi) is 5.54. The molecule has 1 aliphatic heterocycles. The van der Waals surface area contributed by atoms with Gasteiger partial charge in [-0.05, 0) is 36.8 Å². The number of amides is 1. The second kappa shape index (κ2) is 7.85. The highest BCUT2D eigenvalue weighted by Crippen LogP contribution is 2.34. The van der Waals surface area contributed by atoms with Gasteiger partial charge in [-0.15, -0.1) is 0 Å². The molecule has 0 aromatic heterocycles. The van der Waals surface area contributed by atoms with Crippen LogP contribution in [0.1, 0.15) is 28.9 Å². The third-order valence-corrected chi connectivity index (χ3v) is 4.60. The molecule has 0 radical (unpaired) electrons. The van der Waals surface area contributed by atoms with Crippen molar-refractivity contribution in [3.63, 3.8) is 0 Å². The van der Waals surface area contributed by atoms with Crippen LogP contribution in [-0.2, 0) is 9.53 Å². The highest BCUT2D eigenvalue weighted by Gasteiger charge is 2.19. The van der Waals surface area contributed by atoms with Gasteiger partial charge >= 0.3 is 5.97 Å². The summed E-state index contributed by atoms with van der Waals surface area (Å²) in [6, 6.07) is 9.71. The first-order chi connectivity index (χ1) is 12.5. The van der Waals surface area contributed by atoms with Crippen LogP contribution in [-0.4, -0.2) is 25.3 Å². The second-order valence-electron chi connectivity index (χ2n) is 5.58. The molecule has 0 saturated carbocycles. The quantitative estimate of drug-likeness (QED) is 0.780. The lowest BCUT2D eigenvalue weighted by Crippen LogP contribution is -2.31. The lowest BCUT2D eigenvalue weighted by molar-refractivity contribution is -0.124. The SMILES string of the molecule is CC(NC(=O)COC(=O)c1cccc(Cl)c1Cl)c1ccc2c(c1)OCO2. The first-order valence-corrected chi connectivity index (χ1v) is 8.51. The molecule has 2 aromatic carbocycles. The average Bonchev–Trinajstić information content (AvgIpc) is 3.09. The summed E-state index contributed by atoms with van der Waals surface area (Å²) in [5, 5.41) is 3.08. The zero-order chi connectivity index (χ0) is 18.7. The van der Waals surface area contributed by atoms with E-state index in [2.05, 4.69) is 5.32 Å². The van der Waals surface area contributed by atoms with Crippen LogP contribution in [0.5, 0.6) is 11.5 Å². The molecule has 0 bridgehead atoms. The van der Waals surface area contributed by atoms with Crippen LogP contribution in [0.3, 0.4) is 0 Å². The van der Waals surface area contributed by atoms with Crippen molar-refractivity contribution < 1.29 is 23.8 Å². The normalized spacial score (nSPS) is 13.2. The summed E-state index contributed by atoms with van der Waals surface area (Å²) in [5.74, 6) is 0.135. The number of benzene rings is 2. The summed E-state index contributed by atoms with van der Waals surface area (Å²) in [6.45, 7) is 1.56. The van der Waals surface area contributed by atoms with E-state index in [1.54, 1.807) is 24.3 Å². The van der Waals surface area contributed by atoms with Crippen LogP contribution in [0, 0.1) is 0 Å². The predicted molar refractivity (Wildman–Crippen MR) is 95.9 cm³/mol. The largest absolute Gasteiger partial charge is 0.454 e. The summed E-state index contributed by atoms with van der Waals surface area (Å²) in [7, 11) is 0. The fraction of sp³-hybridized carbons (Fsp3) is 0.222. The van der Waals surface area contributed by atoms with Gasteiger partial charge in [-0.3, -0.25) is 4.79 Å². The molecule has 0 saturated heterocycles. The molecule has 136 valence electrons. The fourth-order valence-electron chi connectivity index (χ4n) is 2.42. The maximum atomic E-state index is 12.0. The van der Waals surface area contributed by atoms with E-state index in [0.717, 1.165) is 5.56 Å². The van der Waals surface area contributed by atoms with Gasteiger partial charge in [-0.25, -0.2) is 4.79 Å². The first-order valence-electron chi connectivity index (χ1n) is 7.75. The standard InChI is InChI=1S/C18H15Cl2NO5/c1-10(11-5-6-14-15(7-11)26-9-25-14)21-16(22)8-24-18(23)12-3-2-4-13(19)17(12)20/h2-7,10H,8-9H2,1H3,(H,21,22). The molecule has 26 heavy (non-hydrogen) atoms. The van der Waals surface area contributed by atoms with Crippen molar-refractivity contribution in [2.45, 2.75) is 13.0 Å². The Labute approximate surface area is 159 Å². The Balaban J connectivity index is 1.55. The molecule has 1 heterocycles. The minimum absolute atomic E-state index is 0.0910. The lowest BCUT2D eigenvalue weighted by atomic mass is 10.1. The molecule has 2 aromatic rings. The Bertz CT molecular complexity index is 855. The van der Waals surface area contributed by atoms with E-state index in [1.165, 1.54) is 6.07 Å². The zero-order valence-corrected chi connectivity index (χ0v) is 15.3. The third kappa shape index (κ3) is 4.03. The number of nitrogens with one attached hydrogen (secondary N) is 1. The smallest absolute Gasteiger partial charge is 0.340 e. The van der Waals surface area contributed by atoms with Gasteiger partial charge < -0.3 is 19.5 Å². The minimum Gasteiger partial charge on any atom is -0.454 e. The van der Waals surface area contributed by atoms with Gasteiger partial charge in [0.2, 0.25) is 6.79 Å². The van der Waals surface area contributed by atoms with Crippen LogP contribution >= 0.6 is 23.2 Å². The molecule has 0 aliphatic carbocycles. The van der Waals surface area contributed by atoms with Gasteiger partial charge in [0, 0.05) is 0 Å². The summed E-state index contributed by atoms with van der Waals surface area (Å²) < 4.78 is 15.6. The van der Waals surface area contributed by atoms with E-state index < -0.39 is 18.5 Å². The van der Waals surface area contributed by atoms with Crippen molar-refractivity contribution in [3.8, 4) is 11.5 Å². The molecule has 6 nitrogen and oxygen atoms in total. The predicted octanol–water partition coefficient (Wildman–Crippen LogP) is 3.76. The van der Waals surface area contributed by atoms with E-state index >= 15 is 0 Å². The Morgan fingerprint density at radius 1 is 1.19 bits per heavy atom. The van der Waals surface area contributed by atoms with E-state index in [-0.39, 0.29) is 28.4 Å². The Hall–Kier alpha value is -2.44. The van der Waals surface area contributed by atoms with Crippen LogP contribution in [0.2, 0.25) is 10.0 Å². The molecular weight excluding hydrogens is 381 g/mol. The van der Waals surface area contributed by atoms with E-state index in [9.17, 15) is 9.59 Å². The molecule has 1 N–H and O–H groups in total. The highest BCUT2D eigenvalue weighted by atomic mass is 35.5. The second-order valence-corrected chi connectivity index (χ2v) is 6.36. The van der Waals surface area contributed by atoms with E-state index in [0.29, 0.717) is 11.5 Å². The molecule has 1 unspecified atom stereocenters. The van der Waals surface area contributed by atoms with Crippen LogP contribution < -0.4 is 14.8 Å². The van der Waals surface area contributed by atoms with Crippen molar-refractivity contribution in [1.29, 1.82) is 0 Å². The number of rotatable bonds is 5. The maximum absolute atomic E-state index is 12.0. The van der Waals surface area contributed by atoms with Gasteiger partial charge in [0.1, 0.15) is 0 Å². The summed E-state index contributed by atoms with van der Waals surface area (Å²) >= 11 is 11.8. The Morgan fingerprint density at radius 3 is 2.77 bits per heavy atom. The first kappa shape index (κ1) is 18.4. The number of halogens is 2. The highest BCUT2D eigenvalue weighted by molar-refractivity contribution is 6.43. The van der Waals surface area contributed by atoms with Crippen molar-refractivity contribution in [3.05, 3.63) is 57.6 Å². The van der Waals surface area contributed by atoms with Gasteiger partial charge in [-0.1, -0.05) is 35.3 Å². The number of esters is 1. The number of ether oxygens (including phenoxy) is 3. The molecule has 1 aliphatic rings. The number of hydrogen-bond acceptors (Lipinski definition) is 5. The lowest BCUT2D eigenvalue weighted by Gasteiger charge is -2.15. The Morgan fingerprint density at radius 2 is 1.96 bits per heavy atom. The van der Waals surface area contributed by atoms with Crippen molar-refractivity contribution in [2.24, 2.45) is 0 Å². The third-order valence-electron chi connectivity index (χ3n) is 3.78. The van der Waals surface area contributed by atoms with Crippen molar-refractivity contribution in [2.75, 3.05) is 13.4 Å². The fourth-order valence-corrected chi connectivity index (χ4v) is 2.80. The van der Waals surface area contributed by atoms with Crippen LogP contribution in [0.15, 0.2) is 36.4 Å². The molecule has 1 atom stereocenters. The van der Waals surface area contributed by atoms with Crippen LogP contribution in [0.4, 0.5) is 0 Å². The van der Waals surface area contributed by atoms with E-state index in [1.807, 2.05) is 13.0 Å². The topological polar surface area (TPSA) is 73.9 Å². The molecule has 0 fully saturated rings. The number of carbonyl (C=O) groups is 2. The molecule has 3 rings (SSSR count). The number of carbonyl (C=O) groups excluding carboxylic acids is 2. The summed E-state index contributed by atoms with van der Waals surface area (Å²) in [4.78, 5) is 24.1. The molecule has 0 spiro atoms. The van der Waals surface area contributed by atoms with Gasteiger partial charge in [-0.2, -0.15) is 0 Å². The molecular formula is C18H15Cl2NO5. The number of fused-ring (bicyclic) bond motifs is 1. The minimum atomic E-state index is -0.719. The van der Waals surface area contributed by atoms with Gasteiger partial charge in [0.25, 0.3) is 5.91 Å². The maximum Gasteiger partial charge on any atom is 0.340 e. The summed E-state index contributed by atoms with van der Waals surface area (Å²) in [5.41, 5.74) is 0.947. The summed E-state index contributed by atoms with van der Waals surface area (Å²) in [6.07, 6.45) is 0. The molecule has 8 heteroatoms. The van der Waals surface area contributed by atoms with Gasteiger partial charge in [0.15, 0.2) is 18.1 Å². The molecule has 1 amide bonds. The van der Waals surface area contributed by atoms with Gasteiger partial charge in [0.05, 0.1) is 21.7 Å². The van der Waals surface area contributed by atoms with E-state index in [4.69, 9.17) is 37.4 Å². The monoisotopic (exact) mass is 395 g/mol. The van der Waals surface area contributed by atoms with Crippen molar-refractivity contribution in [1.82, 2.24) is 5.32 Å². The average molecular weight is 396 g/mol. The number of hydrogen-bond donors (Lipinski definition) is 1. The zero-order valence-electron chi connectivity index (χ0n) is 13.8. The van der Waals surface area contributed by atoms with Crippen molar-refractivity contribution >= 4 is 35.1 Å².